The second-order valence-corrected chi connectivity index (χ2v) is 5.65. The second-order valence-electron chi connectivity index (χ2n) is 5.65. The summed E-state index contributed by atoms with van der Waals surface area (Å²) in [6.07, 6.45) is 8.13. The summed E-state index contributed by atoms with van der Waals surface area (Å²) >= 11 is 0. The first-order valence-electron chi connectivity index (χ1n) is 6.93. The Balaban J connectivity index is 1.89. The summed E-state index contributed by atoms with van der Waals surface area (Å²) in [5.74, 6) is 0.906. The molecule has 1 aromatic carbocycles. The van der Waals surface area contributed by atoms with Gasteiger partial charge in [-0.2, -0.15) is 0 Å². The van der Waals surface area contributed by atoms with Crippen molar-refractivity contribution >= 4 is 5.78 Å². The highest BCUT2D eigenvalue weighted by molar-refractivity contribution is 5.93. The minimum Gasteiger partial charge on any atom is -0.298 e. The molecule has 17 heavy (non-hydrogen) atoms. The molecule has 0 aliphatic heterocycles. The predicted molar refractivity (Wildman–Crippen MR) is 68.9 cm³/mol. The van der Waals surface area contributed by atoms with Gasteiger partial charge in [-0.15, -0.1) is 0 Å². The van der Waals surface area contributed by atoms with Gasteiger partial charge in [0.05, 0.1) is 5.41 Å². The summed E-state index contributed by atoms with van der Waals surface area (Å²) in [4.78, 5) is 12.8. The van der Waals surface area contributed by atoms with Crippen molar-refractivity contribution in [1.29, 1.82) is 0 Å². The standard InChI is InChI=1S/C16H20O/c17-15(13-7-4-5-8-13)16(11-6-12-16)14-9-2-1-3-10-14/h1-3,9-10,13H,4-8,11-12H2. The van der Waals surface area contributed by atoms with Gasteiger partial charge < -0.3 is 0 Å². The maximum Gasteiger partial charge on any atom is 0.146 e. The maximum absolute atomic E-state index is 12.8. The lowest BCUT2D eigenvalue weighted by molar-refractivity contribution is -0.131. The van der Waals surface area contributed by atoms with Crippen LogP contribution in [0.5, 0.6) is 0 Å². The zero-order chi connectivity index (χ0) is 11.7. The number of Topliss-reactive ketones (excluding diaryl/α,β-unsaturated/α-hetero) is 1. The Hall–Kier alpha value is -1.11. The zero-order valence-electron chi connectivity index (χ0n) is 10.3. The largest absolute Gasteiger partial charge is 0.298 e. The SMILES string of the molecule is O=C(C1CCCC1)C1(c2ccccc2)CCC1. The van der Waals surface area contributed by atoms with E-state index in [1.165, 1.54) is 24.8 Å². The molecular formula is C16H20O. The monoisotopic (exact) mass is 228 g/mol. The van der Waals surface area contributed by atoms with Crippen molar-refractivity contribution in [2.75, 3.05) is 0 Å². The van der Waals surface area contributed by atoms with Crippen LogP contribution in [0.2, 0.25) is 0 Å². The Bertz CT molecular complexity index is 397. The number of carbonyl (C=O) groups is 1. The number of carbonyl (C=O) groups excluding carboxylic acids is 1. The van der Waals surface area contributed by atoms with Crippen LogP contribution in [-0.4, -0.2) is 5.78 Å². The van der Waals surface area contributed by atoms with Crippen molar-refractivity contribution in [3.63, 3.8) is 0 Å². The number of hydrogen-bond donors (Lipinski definition) is 0. The van der Waals surface area contributed by atoms with E-state index in [0.717, 1.165) is 25.7 Å². The molecule has 1 heteroatoms. The van der Waals surface area contributed by atoms with Crippen LogP contribution in [0.4, 0.5) is 0 Å². The van der Waals surface area contributed by atoms with Crippen LogP contribution in [0.3, 0.4) is 0 Å². The van der Waals surface area contributed by atoms with E-state index in [2.05, 4.69) is 24.3 Å². The number of benzene rings is 1. The second kappa shape index (κ2) is 4.29. The fraction of sp³-hybridized carbons (Fsp3) is 0.562. The first kappa shape index (κ1) is 11.0. The summed E-state index contributed by atoms with van der Waals surface area (Å²) in [5, 5.41) is 0. The van der Waals surface area contributed by atoms with Crippen molar-refractivity contribution in [2.45, 2.75) is 50.4 Å². The Morgan fingerprint density at radius 3 is 2.18 bits per heavy atom. The van der Waals surface area contributed by atoms with Crippen LogP contribution >= 0.6 is 0 Å². The third-order valence-electron chi connectivity index (χ3n) is 4.73. The van der Waals surface area contributed by atoms with E-state index in [1.54, 1.807) is 0 Å². The minimum absolute atomic E-state index is 0.101. The van der Waals surface area contributed by atoms with Crippen molar-refractivity contribution < 1.29 is 4.79 Å². The lowest BCUT2D eigenvalue weighted by Crippen LogP contribution is -2.45. The van der Waals surface area contributed by atoms with Crippen LogP contribution < -0.4 is 0 Å². The summed E-state index contributed by atoms with van der Waals surface area (Å²) < 4.78 is 0. The van der Waals surface area contributed by atoms with E-state index >= 15 is 0 Å². The lowest BCUT2D eigenvalue weighted by atomic mass is 9.59. The number of rotatable bonds is 3. The quantitative estimate of drug-likeness (QED) is 0.767. The van der Waals surface area contributed by atoms with Gasteiger partial charge in [-0.25, -0.2) is 0 Å². The fourth-order valence-electron chi connectivity index (χ4n) is 3.54. The van der Waals surface area contributed by atoms with Crippen LogP contribution in [0.1, 0.15) is 50.5 Å². The van der Waals surface area contributed by atoms with E-state index in [4.69, 9.17) is 0 Å². The molecule has 2 aliphatic carbocycles. The Morgan fingerprint density at radius 2 is 1.65 bits per heavy atom. The normalized spacial score (nSPS) is 23.3. The molecule has 0 saturated heterocycles. The fourth-order valence-corrected chi connectivity index (χ4v) is 3.54. The molecule has 3 rings (SSSR count). The van der Waals surface area contributed by atoms with Crippen molar-refractivity contribution in [3.8, 4) is 0 Å². The highest BCUT2D eigenvalue weighted by Gasteiger charge is 2.47. The smallest absolute Gasteiger partial charge is 0.146 e. The van der Waals surface area contributed by atoms with Gasteiger partial charge in [0.1, 0.15) is 5.78 Å². The summed E-state index contributed by atoms with van der Waals surface area (Å²) in [5.41, 5.74) is 1.17. The Morgan fingerprint density at radius 1 is 1.00 bits per heavy atom. The van der Waals surface area contributed by atoms with Gasteiger partial charge in [-0.3, -0.25) is 4.79 Å². The summed E-state index contributed by atoms with van der Waals surface area (Å²) in [7, 11) is 0. The van der Waals surface area contributed by atoms with Crippen LogP contribution in [0, 0.1) is 5.92 Å². The van der Waals surface area contributed by atoms with Crippen LogP contribution in [-0.2, 0) is 10.2 Å². The van der Waals surface area contributed by atoms with Gasteiger partial charge in [0.25, 0.3) is 0 Å². The van der Waals surface area contributed by atoms with Gasteiger partial charge in [-0.1, -0.05) is 49.6 Å². The van der Waals surface area contributed by atoms with Crippen LogP contribution in [0.25, 0.3) is 0 Å². The predicted octanol–water partition coefficient (Wildman–Crippen LogP) is 3.87. The zero-order valence-corrected chi connectivity index (χ0v) is 10.3. The molecule has 90 valence electrons. The van der Waals surface area contributed by atoms with Gasteiger partial charge in [0, 0.05) is 5.92 Å². The summed E-state index contributed by atoms with van der Waals surface area (Å²) in [6, 6.07) is 10.5. The highest BCUT2D eigenvalue weighted by atomic mass is 16.1. The van der Waals surface area contributed by atoms with E-state index in [-0.39, 0.29) is 5.41 Å². The van der Waals surface area contributed by atoms with Crippen molar-refractivity contribution in [3.05, 3.63) is 35.9 Å². The molecule has 0 N–H and O–H groups in total. The third-order valence-corrected chi connectivity index (χ3v) is 4.73. The molecule has 0 radical (unpaired) electrons. The van der Waals surface area contributed by atoms with E-state index in [1.807, 2.05) is 6.07 Å². The molecule has 0 bridgehead atoms. The molecular weight excluding hydrogens is 208 g/mol. The van der Waals surface area contributed by atoms with Crippen molar-refractivity contribution in [2.24, 2.45) is 5.92 Å². The maximum atomic E-state index is 12.8. The van der Waals surface area contributed by atoms with E-state index in [0.29, 0.717) is 11.7 Å². The van der Waals surface area contributed by atoms with Gasteiger partial charge in [0.2, 0.25) is 0 Å². The Labute approximate surface area is 103 Å². The molecule has 0 unspecified atom stereocenters. The number of ketones is 1. The first-order chi connectivity index (χ1) is 8.33. The molecule has 0 amide bonds. The number of hydrogen-bond acceptors (Lipinski definition) is 1. The van der Waals surface area contributed by atoms with Gasteiger partial charge in [-0.05, 0) is 31.2 Å². The molecule has 0 aromatic heterocycles. The van der Waals surface area contributed by atoms with Crippen molar-refractivity contribution in [1.82, 2.24) is 0 Å². The molecule has 1 aromatic rings. The van der Waals surface area contributed by atoms with E-state index < -0.39 is 0 Å². The molecule has 2 saturated carbocycles. The third kappa shape index (κ3) is 1.72. The average molecular weight is 228 g/mol. The van der Waals surface area contributed by atoms with Gasteiger partial charge >= 0.3 is 0 Å². The molecule has 2 aliphatic rings. The first-order valence-corrected chi connectivity index (χ1v) is 6.93. The summed E-state index contributed by atoms with van der Waals surface area (Å²) in [6.45, 7) is 0. The molecule has 0 atom stereocenters. The minimum atomic E-state index is -0.101. The topological polar surface area (TPSA) is 17.1 Å². The molecule has 1 nitrogen and oxygen atoms in total. The highest BCUT2D eigenvalue weighted by Crippen LogP contribution is 2.48. The average Bonchev–Trinajstić information content (AvgIpc) is 2.82. The molecule has 0 heterocycles. The van der Waals surface area contributed by atoms with Gasteiger partial charge in [0.15, 0.2) is 0 Å². The molecule has 0 spiro atoms. The Kier molecular flexibility index (Phi) is 2.78. The van der Waals surface area contributed by atoms with E-state index in [9.17, 15) is 4.79 Å². The lowest BCUT2D eigenvalue weighted by Gasteiger charge is -2.42. The van der Waals surface area contributed by atoms with Crippen LogP contribution in [0.15, 0.2) is 30.3 Å². The molecule has 2 fully saturated rings.